The van der Waals surface area contributed by atoms with Crippen LogP contribution in [0, 0.1) is 17.8 Å². The number of rotatable bonds is 6. The van der Waals surface area contributed by atoms with E-state index in [9.17, 15) is 20.1 Å². The van der Waals surface area contributed by atoms with E-state index in [4.69, 9.17) is 0 Å². The van der Waals surface area contributed by atoms with Crippen molar-refractivity contribution in [2.75, 3.05) is 0 Å². The molecule has 5 heteroatoms. The van der Waals surface area contributed by atoms with Crippen LogP contribution in [0.3, 0.4) is 0 Å². The minimum atomic E-state index is -0.723. The first-order valence-corrected chi connectivity index (χ1v) is 11.5. The Labute approximate surface area is 168 Å². The first-order chi connectivity index (χ1) is 13.5. The van der Waals surface area contributed by atoms with Crippen LogP contribution in [-0.4, -0.2) is 56.0 Å². The van der Waals surface area contributed by atoms with Crippen molar-refractivity contribution in [3.63, 3.8) is 0 Å². The van der Waals surface area contributed by atoms with Crippen LogP contribution in [0.15, 0.2) is 12.2 Å². The summed E-state index contributed by atoms with van der Waals surface area (Å²) in [6.07, 6.45) is 13.5. The van der Waals surface area contributed by atoms with Gasteiger partial charge < -0.3 is 15.3 Å². The topological polar surface area (TPSA) is 81.0 Å². The Morgan fingerprint density at radius 2 is 1.96 bits per heavy atom. The fourth-order valence-corrected chi connectivity index (χ4v) is 7.20. The zero-order valence-electron chi connectivity index (χ0n) is 17.2. The molecular weight excluding hydrogens is 354 g/mol. The number of fused-ring (bicyclic) bond motifs is 3. The predicted molar refractivity (Wildman–Crippen MR) is 108 cm³/mol. The van der Waals surface area contributed by atoms with Crippen LogP contribution in [-0.2, 0) is 4.79 Å². The molecule has 3 N–H and O–H groups in total. The molecule has 4 aliphatic rings. The van der Waals surface area contributed by atoms with E-state index in [1.54, 1.807) is 0 Å². The van der Waals surface area contributed by atoms with Gasteiger partial charge in [-0.2, -0.15) is 0 Å². The van der Waals surface area contributed by atoms with Gasteiger partial charge in [-0.1, -0.05) is 38.3 Å². The van der Waals surface area contributed by atoms with Crippen molar-refractivity contribution < 1.29 is 20.1 Å². The van der Waals surface area contributed by atoms with Crippen LogP contribution in [0.4, 0.5) is 0 Å². The molecule has 28 heavy (non-hydrogen) atoms. The number of piperidine rings is 1. The highest BCUT2D eigenvalue weighted by Crippen LogP contribution is 2.55. The number of aliphatic carboxylic acids is 1. The molecule has 158 valence electrons. The predicted octanol–water partition coefficient (Wildman–Crippen LogP) is 3.34. The van der Waals surface area contributed by atoms with E-state index >= 15 is 0 Å². The molecule has 0 aromatic carbocycles. The minimum absolute atomic E-state index is 0.0391. The molecule has 0 aromatic rings. The highest BCUT2D eigenvalue weighted by Gasteiger charge is 2.63. The summed E-state index contributed by atoms with van der Waals surface area (Å²) in [6, 6.07) is 0.499. The van der Waals surface area contributed by atoms with Gasteiger partial charge >= 0.3 is 5.97 Å². The molecule has 0 spiro atoms. The van der Waals surface area contributed by atoms with Crippen LogP contribution < -0.4 is 0 Å². The van der Waals surface area contributed by atoms with Crippen molar-refractivity contribution >= 4 is 5.97 Å². The molecule has 2 aliphatic heterocycles. The average Bonchev–Trinajstić information content (AvgIpc) is 3.36. The van der Waals surface area contributed by atoms with Crippen molar-refractivity contribution in [3.05, 3.63) is 12.2 Å². The third-order valence-corrected chi connectivity index (χ3v) is 8.31. The Bertz CT molecular complexity index is 601. The van der Waals surface area contributed by atoms with E-state index < -0.39 is 23.7 Å². The molecule has 4 rings (SSSR count). The van der Waals surface area contributed by atoms with Gasteiger partial charge in [-0.25, -0.2) is 0 Å². The van der Waals surface area contributed by atoms with E-state index in [1.165, 1.54) is 0 Å². The Morgan fingerprint density at radius 1 is 1.21 bits per heavy atom. The zero-order valence-corrected chi connectivity index (χ0v) is 17.2. The van der Waals surface area contributed by atoms with Crippen LogP contribution in [0.1, 0.15) is 77.6 Å². The SMILES string of the molecule is CCC[C@@H](O)/C=C/[C@@H]1[C@H]2CC3CCCC(C(=O)O)(C4CCCC4)N3[C@@H]2C[C@H]1O. The number of aliphatic hydroxyl groups excluding tert-OH is 2. The molecule has 2 saturated heterocycles. The van der Waals surface area contributed by atoms with E-state index in [0.29, 0.717) is 18.4 Å². The number of aliphatic hydroxyl groups is 2. The van der Waals surface area contributed by atoms with Gasteiger partial charge in [-0.05, 0) is 63.2 Å². The molecule has 2 saturated carbocycles. The van der Waals surface area contributed by atoms with Crippen molar-refractivity contribution in [1.82, 2.24) is 4.90 Å². The van der Waals surface area contributed by atoms with Crippen molar-refractivity contribution in [3.8, 4) is 0 Å². The van der Waals surface area contributed by atoms with E-state index in [-0.39, 0.29) is 17.9 Å². The Kier molecular flexibility index (Phi) is 5.88. The molecule has 0 bridgehead atoms. The Balaban J connectivity index is 1.60. The van der Waals surface area contributed by atoms with Gasteiger partial charge in [0, 0.05) is 18.0 Å². The second kappa shape index (κ2) is 8.08. The number of carboxylic acid groups (broad SMARTS) is 1. The lowest BCUT2D eigenvalue weighted by atomic mass is 9.73. The number of carboxylic acids is 1. The molecule has 5 nitrogen and oxygen atoms in total. The maximum Gasteiger partial charge on any atom is 0.324 e. The molecule has 4 fully saturated rings. The van der Waals surface area contributed by atoms with Crippen molar-refractivity contribution in [1.29, 1.82) is 0 Å². The lowest BCUT2D eigenvalue weighted by Gasteiger charge is -2.51. The fraction of sp³-hybridized carbons (Fsp3) is 0.870. The summed E-state index contributed by atoms with van der Waals surface area (Å²) in [5.74, 6) is -0.0262. The standard InChI is InChI=1S/C23H37NO4/c1-2-6-17(25)10-11-18-19-13-16-9-5-12-23(22(27)28,15-7-3-4-8-15)24(16)20(19)14-21(18)26/h10-11,15-21,25-26H,2-9,12-14H2,1H3,(H,27,28)/b11-10+/t16?,17-,18-,19-,20-,21-,23?/m1/s1. The third-order valence-electron chi connectivity index (χ3n) is 8.31. The number of hydrogen-bond acceptors (Lipinski definition) is 4. The summed E-state index contributed by atoms with van der Waals surface area (Å²) in [4.78, 5) is 15.1. The van der Waals surface area contributed by atoms with Gasteiger partial charge in [0.05, 0.1) is 12.2 Å². The lowest BCUT2D eigenvalue weighted by molar-refractivity contribution is -0.164. The summed E-state index contributed by atoms with van der Waals surface area (Å²) >= 11 is 0. The van der Waals surface area contributed by atoms with Crippen molar-refractivity contribution in [2.45, 2.75) is 107 Å². The summed E-state index contributed by atoms with van der Waals surface area (Å²) in [5.41, 5.74) is -0.723. The smallest absolute Gasteiger partial charge is 0.324 e. The minimum Gasteiger partial charge on any atom is -0.480 e. The van der Waals surface area contributed by atoms with Crippen LogP contribution in [0.25, 0.3) is 0 Å². The second-order valence-electron chi connectivity index (χ2n) is 9.75. The fourth-order valence-electron chi connectivity index (χ4n) is 7.20. The third kappa shape index (κ3) is 3.23. The molecule has 2 unspecified atom stereocenters. The summed E-state index contributed by atoms with van der Waals surface area (Å²) in [7, 11) is 0. The van der Waals surface area contributed by atoms with Gasteiger partial charge in [0.25, 0.3) is 0 Å². The summed E-state index contributed by atoms with van der Waals surface area (Å²) in [6.45, 7) is 2.06. The molecule has 2 aliphatic carbocycles. The highest BCUT2D eigenvalue weighted by atomic mass is 16.4. The maximum absolute atomic E-state index is 12.7. The van der Waals surface area contributed by atoms with Gasteiger partial charge in [0.15, 0.2) is 0 Å². The van der Waals surface area contributed by atoms with Crippen LogP contribution in [0.5, 0.6) is 0 Å². The van der Waals surface area contributed by atoms with Gasteiger partial charge in [0.2, 0.25) is 0 Å². The zero-order chi connectivity index (χ0) is 19.9. The van der Waals surface area contributed by atoms with Gasteiger partial charge in [-0.3, -0.25) is 9.69 Å². The summed E-state index contributed by atoms with van der Waals surface area (Å²) in [5, 5.41) is 31.3. The molecule has 0 amide bonds. The maximum atomic E-state index is 12.7. The highest BCUT2D eigenvalue weighted by molar-refractivity contribution is 5.80. The van der Waals surface area contributed by atoms with E-state index in [1.807, 2.05) is 12.2 Å². The molecule has 0 aromatic heterocycles. The first-order valence-electron chi connectivity index (χ1n) is 11.5. The number of hydrogen-bond donors (Lipinski definition) is 3. The first kappa shape index (κ1) is 20.4. The second-order valence-corrected chi connectivity index (χ2v) is 9.75. The van der Waals surface area contributed by atoms with Gasteiger partial charge in [0.1, 0.15) is 5.54 Å². The van der Waals surface area contributed by atoms with Crippen molar-refractivity contribution in [2.24, 2.45) is 17.8 Å². The molecule has 2 heterocycles. The van der Waals surface area contributed by atoms with Gasteiger partial charge in [-0.15, -0.1) is 0 Å². The number of carbonyl (C=O) groups is 1. The van der Waals surface area contributed by atoms with E-state index in [2.05, 4.69) is 11.8 Å². The molecule has 7 atom stereocenters. The van der Waals surface area contributed by atoms with Crippen LogP contribution in [0.2, 0.25) is 0 Å². The molecular formula is C23H37NO4. The Morgan fingerprint density at radius 3 is 2.64 bits per heavy atom. The largest absolute Gasteiger partial charge is 0.480 e. The average molecular weight is 392 g/mol. The van der Waals surface area contributed by atoms with Crippen LogP contribution >= 0.6 is 0 Å². The molecule has 0 radical (unpaired) electrons. The lowest BCUT2D eigenvalue weighted by Crippen LogP contribution is -2.65. The normalized spacial score (nSPS) is 42.8. The monoisotopic (exact) mass is 391 g/mol. The quantitative estimate of drug-likeness (QED) is 0.605. The number of nitrogens with zero attached hydrogens (tertiary/aromatic N) is 1. The Hall–Kier alpha value is -0.910. The van der Waals surface area contributed by atoms with E-state index in [0.717, 1.165) is 64.2 Å². The summed E-state index contributed by atoms with van der Waals surface area (Å²) < 4.78 is 0.